The molecule has 94 valence electrons. The van der Waals surface area contributed by atoms with Gasteiger partial charge in [0.15, 0.2) is 0 Å². The first-order valence-electron chi connectivity index (χ1n) is 5.93. The summed E-state index contributed by atoms with van der Waals surface area (Å²) in [6.07, 6.45) is 4.40. The van der Waals surface area contributed by atoms with Crippen molar-refractivity contribution in [2.24, 2.45) is 11.8 Å². The molecule has 2 unspecified atom stereocenters. The van der Waals surface area contributed by atoms with Gasteiger partial charge in [0.2, 0.25) is 0 Å². The molecule has 0 bridgehead atoms. The van der Waals surface area contributed by atoms with E-state index in [9.17, 15) is 8.42 Å². The van der Waals surface area contributed by atoms with E-state index < -0.39 is 10.1 Å². The predicted molar refractivity (Wildman–Crippen MR) is 67.2 cm³/mol. The minimum absolute atomic E-state index is 0.359. The molecule has 1 saturated carbocycles. The molecule has 1 fully saturated rings. The van der Waals surface area contributed by atoms with Gasteiger partial charge < -0.3 is 0 Å². The Balaban J connectivity index is 1.67. The second kappa shape index (κ2) is 5.19. The number of hydrogen-bond acceptors (Lipinski definition) is 3. The molecule has 0 amide bonds. The summed E-state index contributed by atoms with van der Waals surface area (Å²) in [5, 5.41) is 0. The van der Waals surface area contributed by atoms with Crippen molar-refractivity contribution in [2.45, 2.75) is 19.3 Å². The highest BCUT2D eigenvalue weighted by Crippen LogP contribution is 2.42. The molecule has 0 radical (unpaired) electrons. The smallest absolute Gasteiger partial charge is 0.264 e. The summed E-state index contributed by atoms with van der Waals surface area (Å²) < 4.78 is 26.5. The monoisotopic (exact) mass is 254 g/mol. The molecule has 1 aromatic carbocycles. The van der Waals surface area contributed by atoms with E-state index in [1.807, 2.05) is 18.2 Å². The summed E-state index contributed by atoms with van der Waals surface area (Å²) in [7, 11) is -3.27. The fourth-order valence-electron chi connectivity index (χ4n) is 2.08. The van der Waals surface area contributed by atoms with Crippen LogP contribution in [-0.4, -0.2) is 21.3 Å². The molecular weight excluding hydrogens is 236 g/mol. The van der Waals surface area contributed by atoms with Gasteiger partial charge in [0.25, 0.3) is 10.1 Å². The molecule has 4 heteroatoms. The molecule has 0 aliphatic heterocycles. The van der Waals surface area contributed by atoms with E-state index in [4.69, 9.17) is 4.18 Å². The maximum absolute atomic E-state index is 10.8. The fourth-order valence-corrected chi connectivity index (χ4v) is 2.50. The van der Waals surface area contributed by atoms with E-state index in [-0.39, 0.29) is 0 Å². The van der Waals surface area contributed by atoms with Gasteiger partial charge in [-0.2, -0.15) is 8.42 Å². The van der Waals surface area contributed by atoms with Gasteiger partial charge >= 0.3 is 0 Å². The largest absolute Gasteiger partial charge is 0.270 e. The highest BCUT2D eigenvalue weighted by atomic mass is 32.2. The van der Waals surface area contributed by atoms with E-state index in [1.54, 1.807) is 0 Å². The lowest BCUT2D eigenvalue weighted by Crippen LogP contribution is -2.06. The lowest BCUT2D eigenvalue weighted by molar-refractivity contribution is 0.296. The van der Waals surface area contributed by atoms with Gasteiger partial charge in [-0.3, -0.25) is 4.18 Å². The Labute approximate surface area is 103 Å². The van der Waals surface area contributed by atoms with Crippen LogP contribution in [-0.2, 0) is 20.7 Å². The number of hydrogen-bond donors (Lipinski definition) is 0. The van der Waals surface area contributed by atoms with Gasteiger partial charge in [0, 0.05) is 0 Å². The van der Waals surface area contributed by atoms with Gasteiger partial charge in [-0.15, -0.1) is 0 Å². The highest BCUT2D eigenvalue weighted by molar-refractivity contribution is 7.85. The second-order valence-corrected chi connectivity index (χ2v) is 6.41. The van der Waals surface area contributed by atoms with E-state index in [2.05, 4.69) is 12.1 Å². The molecule has 17 heavy (non-hydrogen) atoms. The Bertz CT molecular complexity index is 453. The van der Waals surface area contributed by atoms with Crippen LogP contribution in [0.1, 0.15) is 18.4 Å². The number of aryl methyl sites for hydroxylation is 1. The van der Waals surface area contributed by atoms with E-state index >= 15 is 0 Å². The Morgan fingerprint density at radius 1 is 1.24 bits per heavy atom. The van der Waals surface area contributed by atoms with E-state index in [0.717, 1.165) is 25.5 Å². The van der Waals surface area contributed by atoms with Crippen molar-refractivity contribution < 1.29 is 12.6 Å². The molecule has 0 aromatic heterocycles. The zero-order chi connectivity index (χ0) is 12.3. The van der Waals surface area contributed by atoms with Crippen molar-refractivity contribution in [1.29, 1.82) is 0 Å². The van der Waals surface area contributed by atoms with Crippen LogP contribution in [0.25, 0.3) is 0 Å². The summed E-state index contributed by atoms with van der Waals surface area (Å²) in [6.45, 7) is 0.359. The Kier molecular flexibility index (Phi) is 3.84. The summed E-state index contributed by atoms with van der Waals surface area (Å²) in [5.74, 6) is 1.07. The first kappa shape index (κ1) is 12.6. The zero-order valence-corrected chi connectivity index (χ0v) is 10.8. The van der Waals surface area contributed by atoms with Gasteiger partial charge in [0.1, 0.15) is 0 Å². The van der Waals surface area contributed by atoms with Crippen molar-refractivity contribution in [3.05, 3.63) is 35.9 Å². The van der Waals surface area contributed by atoms with Crippen LogP contribution in [0.2, 0.25) is 0 Å². The lowest BCUT2D eigenvalue weighted by Gasteiger charge is -2.01. The summed E-state index contributed by atoms with van der Waals surface area (Å²) in [6, 6.07) is 10.4. The molecule has 0 spiro atoms. The standard InChI is InChI=1S/C13H18O3S/c1-17(14,15)16-10-13-9-12(13)8-7-11-5-3-2-4-6-11/h2-6,12-13H,7-10H2,1H3. The van der Waals surface area contributed by atoms with Crippen molar-refractivity contribution in [3.63, 3.8) is 0 Å². The van der Waals surface area contributed by atoms with Crippen LogP contribution < -0.4 is 0 Å². The summed E-state index contributed by atoms with van der Waals surface area (Å²) >= 11 is 0. The molecule has 0 saturated heterocycles. The van der Waals surface area contributed by atoms with Crippen LogP contribution in [0.4, 0.5) is 0 Å². The molecule has 1 aromatic rings. The fraction of sp³-hybridized carbons (Fsp3) is 0.538. The lowest BCUT2D eigenvalue weighted by atomic mass is 10.1. The van der Waals surface area contributed by atoms with Crippen molar-refractivity contribution >= 4 is 10.1 Å². The quantitative estimate of drug-likeness (QED) is 0.731. The van der Waals surface area contributed by atoms with Crippen molar-refractivity contribution in [3.8, 4) is 0 Å². The van der Waals surface area contributed by atoms with Crippen LogP contribution >= 0.6 is 0 Å². The average molecular weight is 254 g/mol. The predicted octanol–water partition coefficient (Wildman–Crippen LogP) is 2.23. The summed E-state index contributed by atoms with van der Waals surface area (Å²) in [4.78, 5) is 0. The molecule has 0 N–H and O–H groups in total. The molecule has 1 aliphatic carbocycles. The van der Waals surface area contributed by atoms with Gasteiger partial charge in [0.05, 0.1) is 12.9 Å². The molecule has 3 nitrogen and oxygen atoms in total. The minimum Gasteiger partial charge on any atom is -0.270 e. The molecular formula is C13H18O3S. The molecule has 2 atom stereocenters. The summed E-state index contributed by atoms with van der Waals surface area (Å²) in [5.41, 5.74) is 1.35. The molecule has 1 aliphatic rings. The maximum Gasteiger partial charge on any atom is 0.264 e. The highest BCUT2D eigenvalue weighted by Gasteiger charge is 2.37. The maximum atomic E-state index is 10.8. The first-order valence-corrected chi connectivity index (χ1v) is 7.74. The average Bonchev–Trinajstić information content (AvgIpc) is 3.03. The minimum atomic E-state index is -3.27. The molecule has 2 rings (SSSR count). The van der Waals surface area contributed by atoms with Crippen LogP contribution in [0.5, 0.6) is 0 Å². The first-order chi connectivity index (χ1) is 8.04. The SMILES string of the molecule is CS(=O)(=O)OCC1CC1CCc1ccccc1. The Morgan fingerprint density at radius 3 is 2.59 bits per heavy atom. The molecule has 0 heterocycles. The zero-order valence-electron chi connectivity index (χ0n) is 10.0. The van der Waals surface area contributed by atoms with Gasteiger partial charge in [-0.25, -0.2) is 0 Å². The van der Waals surface area contributed by atoms with Gasteiger partial charge in [-0.05, 0) is 36.7 Å². The topological polar surface area (TPSA) is 43.4 Å². The van der Waals surface area contributed by atoms with Crippen molar-refractivity contribution in [2.75, 3.05) is 12.9 Å². The van der Waals surface area contributed by atoms with Crippen LogP contribution in [0, 0.1) is 11.8 Å². The third-order valence-corrected chi connectivity index (χ3v) is 3.78. The number of rotatable bonds is 6. The van der Waals surface area contributed by atoms with Gasteiger partial charge in [-0.1, -0.05) is 30.3 Å². The Morgan fingerprint density at radius 2 is 1.94 bits per heavy atom. The number of benzene rings is 1. The van der Waals surface area contributed by atoms with Crippen LogP contribution in [0.3, 0.4) is 0 Å². The van der Waals surface area contributed by atoms with Crippen molar-refractivity contribution in [1.82, 2.24) is 0 Å². The van der Waals surface area contributed by atoms with Crippen LogP contribution in [0.15, 0.2) is 30.3 Å². The Hall–Kier alpha value is -0.870. The van der Waals surface area contributed by atoms with E-state index in [0.29, 0.717) is 18.4 Å². The van der Waals surface area contributed by atoms with E-state index in [1.165, 1.54) is 5.56 Å². The third-order valence-electron chi connectivity index (χ3n) is 3.21. The third kappa shape index (κ3) is 4.48. The normalized spacial score (nSPS) is 23.6. The second-order valence-electron chi connectivity index (χ2n) is 4.77.